The van der Waals surface area contributed by atoms with Crippen molar-refractivity contribution in [2.24, 2.45) is 0 Å². The number of hydrogen-bond acceptors (Lipinski definition) is 8. The van der Waals surface area contributed by atoms with E-state index in [1.807, 2.05) is 6.07 Å². The molecule has 10 heteroatoms. The van der Waals surface area contributed by atoms with Crippen molar-refractivity contribution in [1.29, 1.82) is 0 Å². The summed E-state index contributed by atoms with van der Waals surface area (Å²) in [5.74, 6) is 1.49. The summed E-state index contributed by atoms with van der Waals surface area (Å²) >= 11 is 1.37. The SMILES string of the molecule is CCOC(=O)Cc1nnc(SCc2cc(F)cc3c2OCOC3)n1Cc1ccco1. The zero-order chi connectivity index (χ0) is 20.9. The molecule has 1 aliphatic rings. The maximum atomic E-state index is 14.0. The van der Waals surface area contributed by atoms with E-state index in [0.717, 1.165) is 0 Å². The average molecular weight is 433 g/mol. The third kappa shape index (κ3) is 4.65. The van der Waals surface area contributed by atoms with Crippen molar-refractivity contribution in [2.75, 3.05) is 13.4 Å². The van der Waals surface area contributed by atoms with Crippen LogP contribution in [0.1, 0.15) is 29.6 Å². The summed E-state index contributed by atoms with van der Waals surface area (Å²) < 4.78 is 37.1. The summed E-state index contributed by atoms with van der Waals surface area (Å²) in [5.41, 5.74) is 1.38. The van der Waals surface area contributed by atoms with E-state index in [-0.39, 0.29) is 25.0 Å². The predicted molar refractivity (Wildman–Crippen MR) is 104 cm³/mol. The lowest BCUT2D eigenvalue weighted by Crippen LogP contribution is -2.14. The first-order chi connectivity index (χ1) is 14.6. The zero-order valence-corrected chi connectivity index (χ0v) is 17.1. The lowest BCUT2D eigenvalue weighted by molar-refractivity contribution is -0.142. The van der Waals surface area contributed by atoms with Gasteiger partial charge in [-0.05, 0) is 31.2 Å². The molecule has 0 aliphatic carbocycles. The molecule has 1 aromatic carbocycles. The van der Waals surface area contributed by atoms with Crippen LogP contribution in [0.2, 0.25) is 0 Å². The monoisotopic (exact) mass is 433 g/mol. The molecule has 8 nitrogen and oxygen atoms in total. The van der Waals surface area contributed by atoms with E-state index >= 15 is 0 Å². The highest BCUT2D eigenvalue weighted by atomic mass is 32.2. The summed E-state index contributed by atoms with van der Waals surface area (Å²) in [5, 5.41) is 8.97. The molecule has 158 valence electrons. The minimum Gasteiger partial charge on any atom is -0.467 e. The minimum absolute atomic E-state index is 0.00206. The van der Waals surface area contributed by atoms with E-state index < -0.39 is 0 Å². The van der Waals surface area contributed by atoms with Crippen LogP contribution in [0, 0.1) is 5.82 Å². The Labute approximate surface area is 176 Å². The molecule has 1 aliphatic heterocycles. The van der Waals surface area contributed by atoms with Crippen LogP contribution in [0.5, 0.6) is 5.75 Å². The van der Waals surface area contributed by atoms with Crippen molar-refractivity contribution in [1.82, 2.24) is 14.8 Å². The van der Waals surface area contributed by atoms with Gasteiger partial charge in [0.2, 0.25) is 0 Å². The summed E-state index contributed by atoms with van der Waals surface area (Å²) in [4.78, 5) is 12.0. The number of carbonyl (C=O) groups excluding carboxylic acids is 1. The van der Waals surface area contributed by atoms with Gasteiger partial charge in [0.25, 0.3) is 0 Å². The van der Waals surface area contributed by atoms with Gasteiger partial charge in [0.15, 0.2) is 11.9 Å². The smallest absolute Gasteiger partial charge is 0.313 e. The molecular weight excluding hydrogens is 413 g/mol. The van der Waals surface area contributed by atoms with Gasteiger partial charge in [-0.1, -0.05) is 11.8 Å². The quantitative estimate of drug-likeness (QED) is 0.395. The molecule has 0 spiro atoms. The molecule has 0 atom stereocenters. The Morgan fingerprint density at radius 2 is 2.27 bits per heavy atom. The Balaban J connectivity index is 1.57. The maximum absolute atomic E-state index is 14.0. The Bertz CT molecular complexity index is 1020. The normalized spacial score (nSPS) is 13.0. The van der Waals surface area contributed by atoms with Crippen LogP contribution in [-0.2, 0) is 39.6 Å². The molecule has 3 heterocycles. The number of ether oxygens (including phenoxy) is 3. The zero-order valence-electron chi connectivity index (χ0n) is 16.3. The molecule has 0 amide bonds. The number of esters is 1. The lowest BCUT2D eigenvalue weighted by atomic mass is 10.1. The Morgan fingerprint density at radius 1 is 1.37 bits per heavy atom. The number of furan rings is 1. The highest BCUT2D eigenvalue weighted by molar-refractivity contribution is 7.98. The number of halogens is 1. The lowest BCUT2D eigenvalue weighted by Gasteiger charge is -2.20. The van der Waals surface area contributed by atoms with E-state index in [9.17, 15) is 9.18 Å². The first-order valence-electron chi connectivity index (χ1n) is 9.38. The minimum atomic E-state index is -0.380. The third-order valence-corrected chi connectivity index (χ3v) is 5.42. The van der Waals surface area contributed by atoms with Crippen LogP contribution < -0.4 is 4.74 Å². The number of nitrogens with zero attached hydrogens (tertiary/aromatic N) is 3. The first kappa shape index (κ1) is 20.4. The largest absolute Gasteiger partial charge is 0.467 e. The van der Waals surface area contributed by atoms with E-state index in [1.54, 1.807) is 23.8 Å². The average Bonchev–Trinajstić information content (AvgIpc) is 3.37. The standard InChI is InChI=1S/C20H20FN3O5S/c1-2-27-18(25)8-17-22-23-20(24(17)9-16-4-3-5-28-16)30-11-14-7-15(21)6-13-10-26-12-29-19(13)14/h3-7H,2,8-12H2,1H3. The predicted octanol–water partition coefficient (Wildman–Crippen LogP) is 3.32. The van der Waals surface area contributed by atoms with Crippen LogP contribution >= 0.6 is 11.8 Å². The van der Waals surface area contributed by atoms with E-state index in [2.05, 4.69) is 10.2 Å². The van der Waals surface area contributed by atoms with Gasteiger partial charge in [-0.15, -0.1) is 10.2 Å². The Hall–Kier alpha value is -2.85. The molecular formula is C20H20FN3O5S. The highest BCUT2D eigenvalue weighted by Crippen LogP contribution is 2.34. The second kappa shape index (κ2) is 9.31. The van der Waals surface area contributed by atoms with Gasteiger partial charge in [0.1, 0.15) is 29.6 Å². The van der Waals surface area contributed by atoms with Crippen LogP contribution in [0.4, 0.5) is 4.39 Å². The van der Waals surface area contributed by atoms with Gasteiger partial charge in [-0.3, -0.25) is 9.36 Å². The molecule has 30 heavy (non-hydrogen) atoms. The number of thioether (sulfide) groups is 1. The number of rotatable bonds is 8. The van der Waals surface area contributed by atoms with Crippen molar-refractivity contribution in [3.05, 3.63) is 59.1 Å². The van der Waals surface area contributed by atoms with Gasteiger partial charge >= 0.3 is 5.97 Å². The molecule has 0 bridgehead atoms. The number of fused-ring (bicyclic) bond motifs is 1. The second-order valence-corrected chi connectivity index (χ2v) is 7.44. The Morgan fingerprint density at radius 3 is 3.07 bits per heavy atom. The van der Waals surface area contributed by atoms with Crippen molar-refractivity contribution in [2.45, 2.75) is 37.4 Å². The summed E-state index contributed by atoms with van der Waals surface area (Å²) in [6, 6.07) is 6.48. The molecule has 0 saturated carbocycles. The molecule has 0 unspecified atom stereocenters. The van der Waals surface area contributed by atoms with Gasteiger partial charge in [-0.25, -0.2) is 4.39 Å². The molecule has 0 fully saturated rings. The number of benzene rings is 1. The topological polar surface area (TPSA) is 88.6 Å². The molecule has 0 saturated heterocycles. The third-order valence-electron chi connectivity index (χ3n) is 4.40. The van der Waals surface area contributed by atoms with Crippen molar-refractivity contribution in [3.63, 3.8) is 0 Å². The van der Waals surface area contributed by atoms with Crippen LogP contribution in [0.3, 0.4) is 0 Å². The summed E-state index contributed by atoms with van der Waals surface area (Å²) in [7, 11) is 0. The van der Waals surface area contributed by atoms with Gasteiger partial charge in [-0.2, -0.15) is 0 Å². The van der Waals surface area contributed by atoms with Crippen LogP contribution in [0.25, 0.3) is 0 Å². The number of hydrogen-bond donors (Lipinski definition) is 0. The van der Waals surface area contributed by atoms with E-state index in [4.69, 9.17) is 18.6 Å². The fraction of sp³-hybridized carbons (Fsp3) is 0.350. The Kier molecular flexibility index (Phi) is 6.34. The fourth-order valence-electron chi connectivity index (χ4n) is 3.12. The first-order valence-corrected chi connectivity index (χ1v) is 10.4. The van der Waals surface area contributed by atoms with E-state index in [0.29, 0.717) is 59.1 Å². The summed E-state index contributed by atoms with van der Waals surface area (Å²) in [6.07, 6.45) is 1.58. The van der Waals surface area contributed by atoms with Crippen LogP contribution in [-0.4, -0.2) is 34.1 Å². The van der Waals surface area contributed by atoms with Crippen molar-refractivity contribution in [3.8, 4) is 5.75 Å². The molecule has 0 N–H and O–H groups in total. The van der Waals surface area contributed by atoms with E-state index in [1.165, 1.54) is 23.9 Å². The highest BCUT2D eigenvalue weighted by Gasteiger charge is 2.20. The van der Waals surface area contributed by atoms with Gasteiger partial charge in [0, 0.05) is 16.9 Å². The summed E-state index contributed by atoms with van der Waals surface area (Å²) in [6.45, 7) is 2.85. The van der Waals surface area contributed by atoms with Gasteiger partial charge < -0.3 is 18.6 Å². The molecule has 0 radical (unpaired) electrons. The second-order valence-electron chi connectivity index (χ2n) is 6.50. The number of carbonyl (C=O) groups is 1. The fourth-order valence-corrected chi connectivity index (χ4v) is 4.04. The molecule has 3 aromatic rings. The molecule has 2 aromatic heterocycles. The van der Waals surface area contributed by atoms with Crippen molar-refractivity contribution < 1.29 is 27.8 Å². The number of aromatic nitrogens is 3. The van der Waals surface area contributed by atoms with Crippen molar-refractivity contribution >= 4 is 17.7 Å². The van der Waals surface area contributed by atoms with Crippen LogP contribution in [0.15, 0.2) is 40.1 Å². The maximum Gasteiger partial charge on any atom is 0.313 e. The molecule has 4 rings (SSSR count). The van der Waals surface area contributed by atoms with Gasteiger partial charge in [0.05, 0.1) is 26.0 Å².